The Morgan fingerprint density at radius 1 is 1.32 bits per heavy atom. The molecule has 0 bridgehead atoms. The van der Waals surface area contributed by atoms with E-state index in [1.54, 1.807) is 11.3 Å². The van der Waals surface area contributed by atoms with E-state index in [0.29, 0.717) is 0 Å². The summed E-state index contributed by atoms with van der Waals surface area (Å²) in [5.74, 6) is 0. The van der Waals surface area contributed by atoms with Gasteiger partial charge in [0, 0.05) is 13.6 Å². The van der Waals surface area contributed by atoms with Crippen LogP contribution in [0.4, 0.5) is 0 Å². The monoisotopic (exact) mass is 336 g/mol. The summed E-state index contributed by atoms with van der Waals surface area (Å²) in [5.41, 5.74) is 1.06. The first-order valence-electron chi connectivity index (χ1n) is 7.50. The molecule has 1 atom stereocenters. The van der Waals surface area contributed by atoms with Gasteiger partial charge in [-0.15, -0.1) is 11.3 Å². The van der Waals surface area contributed by atoms with Crippen LogP contribution in [0.5, 0.6) is 0 Å². The van der Waals surface area contributed by atoms with E-state index in [0.717, 1.165) is 35.1 Å². The van der Waals surface area contributed by atoms with Crippen molar-refractivity contribution >= 4 is 38.9 Å². The van der Waals surface area contributed by atoms with Crippen LogP contribution in [-0.4, -0.2) is 54.1 Å². The fourth-order valence-corrected chi connectivity index (χ4v) is 3.45. The Kier molecular flexibility index (Phi) is 6.11. The van der Waals surface area contributed by atoms with Crippen LogP contribution in [0, 0.1) is 0 Å². The molecular weight excluding hydrogens is 312 g/mol. The SMILES string of the molecule is C[C@H](c1nc2ccccc2s1)N(C)C(=S)NCCCN(C)C. The molecule has 0 saturated carbocycles. The van der Waals surface area contributed by atoms with Gasteiger partial charge in [-0.25, -0.2) is 4.98 Å². The van der Waals surface area contributed by atoms with E-state index >= 15 is 0 Å². The summed E-state index contributed by atoms with van der Waals surface area (Å²) in [7, 11) is 6.19. The molecule has 0 radical (unpaired) electrons. The molecule has 6 heteroatoms. The lowest BCUT2D eigenvalue weighted by atomic mass is 10.3. The number of hydrogen-bond donors (Lipinski definition) is 1. The van der Waals surface area contributed by atoms with Crippen molar-refractivity contribution < 1.29 is 0 Å². The Morgan fingerprint density at radius 2 is 2.05 bits per heavy atom. The van der Waals surface area contributed by atoms with Gasteiger partial charge in [0.2, 0.25) is 0 Å². The van der Waals surface area contributed by atoms with E-state index in [1.165, 1.54) is 4.70 Å². The summed E-state index contributed by atoms with van der Waals surface area (Å²) in [6, 6.07) is 8.42. The number of hydrogen-bond acceptors (Lipinski definition) is 4. The highest BCUT2D eigenvalue weighted by Gasteiger charge is 2.18. The molecule has 4 nitrogen and oxygen atoms in total. The average Bonchev–Trinajstić information content (AvgIpc) is 2.93. The largest absolute Gasteiger partial charge is 0.363 e. The number of benzene rings is 1. The zero-order valence-electron chi connectivity index (χ0n) is 13.7. The lowest BCUT2D eigenvalue weighted by molar-refractivity contribution is 0.382. The highest BCUT2D eigenvalue weighted by Crippen LogP contribution is 2.28. The van der Waals surface area contributed by atoms with Crippen LogP contribution in [-0.2, 0) is 0 Å². The maximum absolute atomic E-state index is 5.49. The Balaban J connectivity index is 1.93. The van der Waals surface area contributed by atoms with Crippen molar-refractivity contribution in [3.63, 3.8) is 0 Å². The first kappa shape index (κ1) is 17.1. The van der Waals surface area contributed by atoms with Gasteiger partial charge in [-0.2, -0.15) is 0 Å². The first-order valence-corrected chi connectivity index (χ1v) is 8.72. The highest BCUT2D eigenvalue weighted by molar-refractivity contribution is 7.80. The van der Waals surface area contributed by atoms with E-state index < -0.39 is 0 Å². The fourth-order valence-electron chi connectivity index (χ4n) is 2.13. The molecule has 0 unspecified atom stereocenters. The molecular formula is C16H24N4S2. The topological polar surface area (TPSA) is 31.4 Å². The molecule has 0 saturated heterocycles. The van der Waals surface area contributed by atoms with E-state index in [2.05, 4.69) is 54.3 Å². The van der Waals surface area contributed by atoms with E-state index in [9.17, 15) is 0 Å². The number of thiocarbonyl (C=S) groups is 1. The van der Waals surface area contributed by atoms with Gasteiger partial charge >= 0.3 is 0 Å². The summed E-state index contributed by atoms with van der Waals surface area (Å²) in [5, 5.41) is 5.21. The molecule has 0 amide bonds. The first-order chi connectivity index (χ1) is 10.5. The molecule has 2 rings (SSSR count). The van der Waals surface area contributed by atoms with Crippen LogP contribution < -0.4 is 5.32 Å². The van der Waals surface area contributed by atoms with Crippen molar-refractivity contribution in [2.45, 2.75) is 19.4 Å². The van der Waals surface area contributed by atoms with Gasteiger partial charge in [-0.3, -0.25) is 0 Å². The summed E-state index contributed by atoms with van der Waals surface area (Å²) in [6.07, 6.45) is 1.08. The van der Waals surface area contributed by atoms with E-state index in [4.69, 9.17) is 17.2 Å². The number of nitrogens with one attached hydrogen (secondary N) is 1. The predicted molar refractivity (Wildman–Crippen MR) is 99.6 cm³/mol. The number of para-hydroxylation sites is 1. The van der Waals surface area contributed by atoms with Crippen LogP contribution in [0.1, 0.15) is 24.4 Å². The number of rotatable bonds is 6. The molecule has 120 valence electrons. The Morgan fingerprint density at radius 3 is 2.73 bits per heavy atom. The second-order valence-electron chi connectivity index (χ2n) is 5.70. The van der Waals surface area contributed by atoms with Crippen molar-refractivity contribution in [3.8, 4) is 0 Å². The zero-order valence-corrected chi connectivity index (χ0v) is 15.3. The summed E-state index contributed by atoms with van der Waals surface area (Å²) >= 11 is 7.23. The van der Waals surface area contributed by atoms with Crippen LogP contribution in [0.15, 0.2) is 24.3 Å². The standard InChI is InChI=1S/C16H24N4S2/c1-12(15-18-13-8-5-6-9-14(13)22-15)20(4)16(21)17-10-7-11-19(2)3/h5-6,8-9,12H,7,10-11H2,1-4H3,(H,17,21)/t12-/m1/s1. The quantitative estimate of drug-likeness (QED) is 0.647. The smallest absolute Gasteiger partial charge is 0.169 e. The molecule has 1 N–H and O–H groups in total. The Hall–Kier alpha value is -1.24. The van der Waals surface area contributed by atoms with Gasteiger partial charge in [0.05, 0.1) is 16.3 Å². The number of nitrogens with zero attached hydrogens (tertiary/aromatic N) is 3. The molecule has 0 aliphatic heterocycles. The molecule has 1 aromatic carbocycles. The number of fused-ring (bicyclic) bond motifs is 1. The predicted octanol–water partition coefficient (Wildman–Crippen LogP) is 3.12. The van der Waals surface area contributed by atoms with E-state index in [1.807, 2.05) is 13.1 Å². The molecule has 0 fully saturated rings. The van der Waals surface area contributed by atoms with Gasteiger partial charge in [0.25, 0.3) is 0 Å². The summed E-state index contributed by atoms with van der Waals surface area (Å²) in [6.45, 7) is 4.10. The zero-order chi connectivity index (χ0) is 16.1. The second kappa shape index (κ2) is 7.85. The lowest BCUT2D eigenvalue weighted by Gasteiger charge is -2.26. The van der Waals surface area contributed by atoms with Gasteiger partial charge < -0.3 is 15.1 Å². The molecule has 1 aromatic heterocycles. The van der Waals surface area contributed by atoms with Crippen molar-refractivity contribution in [1.82, 2.24) is 20.1 Å². The van der Waals surface area contributed by atoms with E-state index in [-0.39, 0.29) is 6.04 Å². The minimum Gasteiger partial charge on any atom is -0.363 e. The van der Waals surface area contributed by atoms with Crippen LogP contribution >= 0.6 is 23.6 Å². The van der Waals surface area contributed by atoms with Gasteiger partial charge in [-0.1, -0.05) is 12.1 Å². The maximum Gasteiger partial charge on any atom is 0.169 e. The fraction of sp³-hybridized carbons (Fsp3) is 0.500. The number of thiazole rings is 1. The van der Waals surface area contributed by atoms with Gasteiger partial charge in [-0.05, 0) is 58.3 Å². The maximum atomic E-state index is 5.49. The van der Waals surface area contributed by atoms with Crippen LogP contribution in [0.25, 0.3) is 10.2 Å². The third kappa shape index (κ3) is 4.38. The van der Waals surface area contributed by atoms with Crippen molar-refractivity contribution in [2.75, 3.05) is 34.2 Å². The number of aromatic nitrogens is 1. The minimum atomic E-state index is 0.172. The van der Waals surface area contributed by atoms with Crippen molar-refractivity contribution in [1.29, 1.82) is 0 Å². The third-order valence-electron chi connectivity index (χ3n) is 3.63. The van der Waals surface area contributed by atoms with Gasteiger partial charge in [0.15, 0.2) is 5.11 Å². The highest BCUT2D eigenvalue weighted by atomic mass is 32.1. The van der Waals surface area contributed by atoms with Gasteiger partial charge in [0.1, 0.15) is 5.01 Å². The Bertz CT molecular complexity index is 590. The summed E-state index contributed by atoms with van der Waals surface area (Å²) < 4.78 is 1.22. The Labute approximate surface area is 142 Å². The molecule has 1 heterocycles. The molecule has 0 spiro atoms. The van der Waals surface area contributed by atoms with Crippen LogP contribution in [0.2, 0.25) is 0 Å². The molecule has 22 heavy (non-hydrogen) atoms. The normalized spacial score (nSPS) is 12.6. The molecule has 0 aliphatic rings. The molecule has 0 aliphatic carbocycles. The average molecular weight is 337 g/mol. The molecule has 2 aromatic rings. The van der Waals surface area contributed by atoms with Crippen molar-refractivity contribution in [3.05, 3.63) is 29.3 Å². The van der Waals surface area contributed by atoms with Crippen LogP contribution in [0.3, 0.4) is 0 Å². The lowest BCUT2D eigenvalue weighted by Crippen LogP contribution is -2.39. The minimum absolute atomic E-state index is 0.172. The van der Waals surface area contributed by atoms with Crippen molar-refractivity contribution in [2.24, 2.45) is 0 Å². The summed E-state index contributed by atoms with van der Waals surface area (Å²) in [4.78, 5) is 8.98. The second-order valence-corrected chi connectivity index (χ2v) is 7.14. The third-order valence-corrected chi connectivity index (χ3v) is 5.27.